The first kappa shape index (κ1) is 20.8. The van der Waals surface area contributed by atoms with Crippen LogP contribution in [-0.4, -0.2) is 31.0 Å². The van der Waals surface area contributed by atoms with E-state index in [0.717, 1.165) is 22.5 Å². The molecule has 4 aromatic rings. The van der Waals surface area contributed by atoms with Crippen molar-refractivity contribution in [3.8, 4) is 5.69 Å². The number of hydrogen-bond donors (Lipinski definition) is 1. The van der Waals surface area contributed by atoms with Crippen molar-refractivity contribution in [2.75, 3.05) is 11.1 Å². The molecule has 1 N–H and O–H groups in total. The number of aryl methyl sites for hydroxylation is 2. The van der Waals surface area contributed by atoms with Gasteiger partial charge in [0.25, 0.3) is 5.56 Å². The van der Waals surface area contributed by atoms with Gasteiger partial charge in [0, 0.05) is 22.9 Å². The average Bonchev–Trinajstić information content (AvgIpc) is 3.36. The molecule has 1 aliphatic rings. The van der Waals surface area contributed by atoms with Crippen LogP contribution in [0.5, 0.6) is 0 Å². The summed E-state index contributed by atoms with van der Waals surface area (Å²) in [5, 5.41) is 8.96. The first-order valence-corrected chi connectivity index (χ1v) is 11.5. The van der Waals surface area contributed by atoms with Crippen molar-refractivity contribution in [3.63, 3.8) is 0 Å². The van der Waals surface area contributed by atoms with E-state index in [1.165, 1.54) is 18.0 Å². The van der Waals surface area contributed by atoms with Crippen molar-refractivity contribution < 1.29 is 4.79 Å². The molecule has 0 aliphatic carbocycles. The molecule has 0 spiro atoms. The van der Waals surface area contributed by atoms with Crippen LogP contribution in [0.4, 0.5) is 5.69 Å². The number of hydrogen-bond acceptors (Lipinski definition) is 5. The molecule has 1 amide bonds. The van der Waals surface area contributed by atoms with E-state index in [0.29, 0.717) is 27.0 Å². The summed E-state index contributed by atoms with van der Waals surface area (Å²) in [7, 11) is 0. The maximum Gasteiger partial charge on any atom is 0.265 e. The highest BCUT2D eigenvalue weighted by Gasteiger charge is 2.29. The Kier molecular flexibility index (Phi) is 5.27. The SMILES string of the molecule is Cc1cccc(C)c1NC(=O)CC1CSc2nc3c(cnn3-c3cccc(Cl)c3)c(=O)n21. The smallest absolute Gasteiger partial charge is 0.265 e. The monoisotopic (exact) mass is 465 g/mol. The molecule has 0 bridgehead atoms. The average molecular weight is 466 g/mol. The Morgan fingerprint density at radius 2 is 1.97 bits per heavy atom. The number of fused-ring (bicyclic) bond motifs is 2. The van der Waals surface area contributed by atoms with Crippen LogP contribution in [0.1, 0.15) is 23.6 Å². The molecular formula is C23H20ClN5O2S. The zero-order valence-electron chi connectivity index (χ0n) is 17.5. The predicted octanol–water partition coefficient (Wildman–Crippen LogP) is 4.53. The molecule has 162 valence electrons. The Labute approximate surface area is 193 Å². The molecule has 5 rings (SSSR count). The number of thioether (sulfide) groups is 1. The number of para-hydroxylation sites is 1. The van der Waals surface area contributed by atoms with Gasteiger partial charge in [0.05, 0.1) is 17.9 Å². The van der Waals surface area contributed by atoms with Crippen molar-refractivity contribution in [2.45, 2.75) is 31.5 Å². The zero-order chi connectivity index (χ0) is 22.4. The van der Waals surface area contributed by atoms with Gasteiger partial charge in [-0.1, -0.05) is 47.6 Å². The minimum atomic E-state index is -0.266. The molecular weight excluding hydrogens is 446 g/mol. The van der Waals surface area contributed by atoms with Crippen LogP contribution in [0.15, 0.2) is 58.6 Å². The van der Waals surface area contributed by atoms with Crippen LogP contribution < -0.4 is 10.9 Å². The van der Waals surface area contributed by atoms with Gasteiger partial charge in [0.1, 0.15) is 5.39 Å². The largest absolute Gasteiger partial charge is 0.326 e. The molecule has 3 heterocycles. The van der Waals surface area contributed by atoms with Crippen molar-refractivity contribution in [2.24, 2.45) is 0 Å². The maximum absolute atomic E-state index is 13.3. The second-order valence-electron chi connectivity index (χ2n) is 7.83. The Bertz CT molecular complexity index is 1410. The lowest BCUT2D eigenvalue weighted by Gasteiger charge is -2.15. The topological polar surface area (TPSA) is 81.8 Å². The third-order valence-electron chi connectivity index (χ3n) is 5.59. The Balaban J connectivity index is 1.46. The summed E-state index contributed by atoms with van der Waals surface area (Å²) in [6, 6.07) is 12.9. The van der Waals surface area contributed by atoms with E-state index in [4.69, 9.17) is 16.6 Å². The van der Waals surface area contributed by atoms with E-state index in [9.17, 15) is 9.59 Å². The first-order chi connectivity index (χ1) is 15.4. The van der Waals surface area contributed by atoms with E-state index in [2.05, 4.69) is 10.4 Å². The lowest BCUT2D eigenvalue weighted by atomic mass is 10.1. The van der Waals surface area contributed by atoms with Gasteiger partial charge >= 0.3 is 0 Å². The minimum Gasteiger partial charge on any atom is -0.326 e. The van der Waals surface area contributed by atoms with Gasteiger partial charge in [-0.15, -0.1) is 0 Å². The minimum absolute atomic E-state index is 0.123. The second kappa shape index (κ2) is 8.11. The van der Waals surface area contributed by atoms with Crippen LogP contribution in [0.2, 0.25) is 5.02 Å². The van der Waals surface area contributed by atoms with E-state index in [1.54, 1.807) is 21.4 Å². The highest BCUT2D eigenvalue weighted by molar-refractivity contribution is 7.99. The standard InChI is InChI=1S/C23H20ClN5O2S/c1-13-5-3-6-14(2)20(13)26-19(30)10-17-12-32-23-27-21-18(22(31)28(17)23)11-25-29(21)16-8-4-7-15(24)9-16/h3-9,11,17H,10,12H2,1-2H3,(H,26,30). The number of anilines is 1. The molecule has 2 aromatic carbocycles. The van der Waals surface area contributed by atoms with Crippen LogP contribution in [0.25, 0.3) is 16.7 Å². The summed E-state index contributed by atoms with van der Waals surface area (Å²) < 4.78 is 3.24. The van der Waals surface area contributed by atoms with Crippen molar-refractivity contribution in [1.29, 1.82) is 0 Å². The lowest BCUT2D eigenvalue weighted by molar-refractivity contribution is -0.116. The molecule has 32 heavy (non-hydrogen) atoms. The van der Waals surface area contributed by atoms with Gasteiger partial charge in [0.2, 0.25) is 5.91 Å². The molecule has 0 saturated heterocycles. The van der Waals surface area contributed by atoms with E-state index >= 15 is 0 Å². The van der Waals surface area contributed by atoms with Gasteiger partial charge in [-0.3, -0.25) is 14.2 Å². The summed E-state index contributed by atoms with van der Waals surface area (Å²) >= 11 is 7.59. The van der Waals surface area contributed by atoms with Crippen molar-refractivity contribution in [3.05, 3.63) is 75.2 Å². The number of nitrogens with zero attached hydrogens (tertiary/aromatic N) is 4. The zero-order valence-corrected chi connectivity index (χ0v) is 19.1. The van der Waals surface area contributed by atoms with Crippen LogP contribution in [0.3, 0.4) is 0 Å². The fraction of sp³-hybridized carbons (Fsp3) is 0.217. The summed E-state index contributed by atoms with van der Waals surface area (Å²) in [6.07, 6.45) is 1.72. The fourth-order valence-electron chi connectivity index (χ4n) is 3.99. The summed E-state index contributed by atoms with van der Waals surface area (Å²) in [5.41, 5.74) is 3.87. The highest BCUT2D eigenvalue weighted by Crippen LogP contribution is 2.34. The normalized spacial score (nSPS) is 15.2. The number of amides is 1. The van der Waals surface area contributed by atoms with E-state index < -0.39 is 0 Å². The highest BCUT2D eigenvalue weighted by atomic mass is 35.5. The number of benzene rings is 2. The Morgan fingerprint density at radius 1 is 1.22 bits per heavy atom. The van der Waals surface area contributed by atoms with Crippen molar-refractivity contribution in [1.82, 2.24) is 19.3 Å². The molecule has 2 aromatic heterocycles. The quantitative estimate of drug-likeness (QED) is 0.448. The first-order valence-electron chi connectivity index (χ1n) is 10.2. The summed E-state index contributed by atoms with van der Waals surface area (Å²) in [4.78, 5) is 30.8. The summed E-state index contributed by atoms with van der Waals surface area (Å²) in [6.45, 7) is 3.93. The number of halogens is 1. The molecule has 7 nitrogen and oxygen atoms in total. The van der Waals surface area contributed by atoms with Gasteiger partial charge < -0.3 is 5.32 Å². The van der Waals surface area contributed by atoms with Gasteiger partial charge in [-0.2, -0.15) is 5.10 Å². The number of aromatic nitrogens is 4. The molecule has 0 radical (unpaired) electrons. The van der Waals surface area contributed by atoms with E-state index in [1.807, 2.05) is 44.2 Å². The number of carbonyl (C=O) groups excluding carboxylic acids is 1. The van der Waals surface area contributed by atoms with Crippen molar-refractivity contribution >= 4 is 46.0 Å². The van der Waals surface area contributed by atoms with Crippen LogP contribution in [-0.2, 0) is 4.79 Å². The van der Waals surface area contributed by atoms with Gasteiger partial charge in [0.15, 0.2) is 10.8 Å². The Morgan fingerprint density at radius 3 is 2.72 bits per heavy atom. The molecule has 9 heteroatoms. The predicted molar refractivity (Wildman–Crippen MR) is 127 cm³/mol. The van der Waals surface area contributed by atoms with Gasteiger partial charge in [-0.05, 0) is 43.2 Å². The third-order valence-corrected chi connectivity index (χ3v) is 6.92. The molecule has 1 aliphatic heterocycles. The van der Waals surface area contributed by atoms with Gasteiger partial charge in [-0.25, -0.2) is 9.67 Å². The molecule has 0 fully saturated rings. The van der Waals surface area contributed by atoms with Crippen LogP contribution >= 0.6 is 23.4 Å². The fourth-order valence-corrected chi connectivity index (χ4v) is 5.31. The number of nitrogens with one attached hydrogen (secondary N) is 1. The Hall–Kier alpha value is -3.10. The molecule has 1 atom stereocenters. The van der Waals surface area contributed by atoms with Crippen LogP contribution in [0, 0.1) is 13.8 Å². The lowest BCUT2D eigenvalue weighted by Crippen LogP contribution is -2.28. The number of carbonyl (C=O) groups is 1. The second-order valence-corrected chi connectivity index (χ2v) is 9.25. The number of rotatable bonds is 4. The third kappa shape index (κ3) is 3.59. The maximum atomic E-state index is 13.3. The van der Waals surface area contributed by atoms with E-state index in [-0.39, 0.29) is 23.9 Å². The molecule has 0 saturated carbocycles. The molecule has 1 unspecified atom stereocenters. The summed E-state index contributed by atoms with van der Waals surface area (Å²) in [5.74, 6) is 0.488.